The van der Waals surface area contributed by atoms with Crippen LogP contribution in [0.3, 0.4) is 0 Å². The zero-order valence-electron chi connectivity index (χ0n) is 10.8. The molecule has 7 heteroatoms. The van der Waals surface area contributed by atoms with Crippen LogP contribution in [0.2, 0.25) is 0 Å². The van der Waals surface area contributed by atoms with Crippen LogP contribution in [0, 0.1) is 18.2 Å². The third-order valence-corrected chi connectivity index (χ3v) is 3.93. The summed E-state index contributed by atoms with van der Waals surface area (Å²) in [6, 6.07) is 2.83. The largest absolute Gasteiger partial charge is 0.465 e. The van der Waals surface area contributed by atoms with E-state index in [0.29, 0.717) is 12.8 Å². The maximum absolute atomic E-state index is 13.2. The number of esters is 1. The van der Waals surface area contributed by atoms with Gasteiger partial charge in [-0.25, -0.2) is 22.3 Å². The van der Waals surface area contributed by atoms with Crippen molar-refractivity contribution in [3.8, 4) is 12.3 Å². The molecule has 0 fully saturated rings. The molecule has 1 N–H and O–H groups in total. The molecule has 0 aliphatic heterocycles. The lowest BCUT2D eigenvalue weighted by molar-refractivity contribution is 0.0596. The molecule has 0 aliphatic carbocycles. The quantitative estimate of drug-likeness (QED) is 0.488. The first-order valence-electron chi connectivity index (χ1n) is 5.73. The molecule has 0 bridgehead atoms. The van der Waals surface area contributed by atoms with Gasteiger partial charge in [0.1, 0.15) is 5.82 Å². The number of nitrogens with one attached hydrogen (secondary N) is 1. The Labute approximate surface area is 117 Å². The minimum Gasteiger partial charge on any atom is -0.465 e. The zero-order valence-corrected chi connectivity index (χ0v) is 11.7. The maximum Gasteiger partial charge on any atom is 0.339 e. The number of hydrogen-bond donors (Lipinski definition) is 1. The summed E-state index contributed by atoms with van der Waals surface area (Å²) < 4.78 is 44.1. The van der Waals surface area contributed by atoms with Crippen LogP contribution in [0.4, 0.5) is 4.39 Å². The van der Waals surface area contributed by atoms with Crippen LogP contribution < -0.4 is 4.72 Å². The Kier molecular flexibility index (Phi) is 5.67. The number of methoxy groups -OCH3 is 1. The molecule has 108 valence electrons. The lowest BCUT2D eigenvalue weighted by Gasteiger charge is -2.10. The third-order valence-electron chi connectivity index (χ3n) is 2.43. The second-order valence-electron chi connectivity index (χ2n) is 3.84. The van der Waals surface area contributed by atoms with Crippen molar-refractivity contribution in [1.82, 2.24) is 4.72 Å². The van der Waals surface area contributed by atoms with Crippen molar-refractivity contribution in [1.29, 1.82) is 0 Å². The van der Waals surface area contributed by atoms with Gasteiger partial charge in [-0.15, -0.1) is 12.3 Å². The van der Waals surface area contributed by atoms with E-state index in [-0.39, 0.29) is 12.1 Å². The van der Waals surface area contributed by atoms with Gasteiger partial charge in [-0.3, -0.25) is 0 Å². The maximum atomic E-state index is 13.2. The van der Waals surface area contributed by atoms with Gasteiger partial charge in [0.2, 0.25) is 10.0 Å². The molecule has 0 unspecified atom stereocenters. The van der Waals surface area contributed by atoms with Crippen LogP contribution in [-0.4, -0.2) is 28.0 Å². The first-order chi connectivity index (χ1) is 9.42. The highest BCUT2D eigenvalue weighted by molar-refractivity contribution is 7.89. The van der Waals surface area contributed by atoms with E-state index >= 15 is 0 Å². The molecule has 0 atom stereocenters. The summed E-state index contributed by atoms with van der Waals surface area (Å²) >= 11 is 0. The number of hydrogen-bond acceptors (Lipinski definition) is 4. The van der Waals surface area contributed by atoms with E-state index in [1.807, 2.05) is 0 Å². The lowest BCUT2D eigenvalue weighted by atomic mass is 10.2. The normalized spacial score (nSPS) is 10.8. The number of ether oxygens (including phenoxy) is 1. The van der Waals surface area contributed by atoms with Crippen molar-refractivity contribution in [3.05, 3.63) is 29.6 Å². The molecule has 0 saturated heterocycles. The molecule has 0 aromatic heterocycles. The number of rotatable bonds is 6. The Morgan fingerprint density at radius 1 is 1.50 bits per heavy atom. The van der Waals surface area contributed by atoms with Crippen molar-refractivity contribution >= 4 is 16.0 Å². The number of carbonyl (C=O) groups excluding carboxylic acids is 1. The van der Waals surface area contributed by atoms with Crippen LogP contribution in [-0.2, 0) is 14.8 Å². The molecular formula is C13H14FNO4S. The number of unbranched alkanes of at least 4 members (excludes halogenated alkanes) is 1. The highest BCUT2D eigenvalue weighted by Gasteiger charge is 2.23. The van der Waals surface area contributed by atoms with Crippen molar-refractivity contribution in [2.24, 2.45) is 0 Å². The molecule has 20 heavy (non-hydrogen) atoms. The van der Waals surface area contributed by atoms with Gasteiger partial charge in [0, 0.05) is 13.0 Å². The second-order valence-corrected chi connectivity index (χ2v) is 5.57. The fraction of sp³-hybridized carbons (Fsp3) is 0.308. The summed E-state index contributed by atoms with van der Waals surface area (Å²) in [7, 11) is -2.89. The van der Waals surface area contributed by atoms with Crippen LogP contribution in [0.25, 0.3) is 0 Å². The number of benzene rings is 1. The fourth-order valence-electron chi connectivity index (χ4n) is 1.47. The standard InChI is InChI=1S/C13H14FNO4S/c1-3-4-5-8-15-20(17,18)12-9-10(14)6-7-11(12)13(16)19-2/h1,6-7,9,15H,4-5,8H2,2H3. The number of carbonyl (C=O) groups is 1. The molecule has 1 aromatic carbocycles. The molecule has 0 aliphatic rings. The van der Waals surface area contributed by atoms with Crippen LogP contribution >= 0.6 is 0 Å². The van der Waals surface area contributed by atoms with Crippen LogP contribution in [0.15, 0.2) is 23.1 Å². The molecule has 1 rings (SSSR count). The summed E-state index contributed by atoms with van der Waals surface area (Å²) in [4.78, 5) is 11.1. The zero-order chi connectivity index (χ0) is 15.2. The molecule has 0 amide bonds. The Bertz CT molecular complexity index is 634. The molecule has 1 aromatic rings. The fourth-order valence-corrected chi connectivity index (χ4v) is 2.75. The second kappa shape index (κ2) is 7.03. The van der Waals surface area contributed by atoms with Gasteiger partial charge in [0.05, 0.1) is 17.6 Å². The molecule has 0 spiro atoms. The van der Waals surface area contributed by atoms with Crippen LogP contribution in [0.1, 0.15) is 23.2 Å². The van der Waals surface area contributed by atoms with Crippen molar-refractivity contribution in [3.63, 3.8) is 0 Å². The van der Waals surface area contributed by atoms with E-state index in [1.165, 1.54) is 0 Å². The van der Waals surface area contributed by atoms with Gasteiger partial charge in [-0.2, -0.15) is 0 Å². The first-order valence-corrected chi connectivity index (χ1v) is 7.21. The van der Waals surface area contributed by atoms with Gasteiger partial charge < -0.3 is 4.74 Å². The van der Waals surface area contributed by atoms with E-state index in [4.69, 9.17) is 6.42 Å². The topological polar surface area (TPSA) is 72.5 Å². The van der Waals surface area contributed by atoms with Gasteiger partial charge >= 0.3 is 5.97 Å². The number of terminal acetylenes is 1. The third kappa shape index (κ3) is 4.05. The highest BCUT2D eigenvalue weighted by Crippen LogP contribution is 2.18. The van der Waals surface area contributed by atoms with Gasteiger partial charge in [-0.1, -0.05) is 0 Å². The van der Waals surface area contributed by atoms with Crippen molar-refractivity contribution in [2.45, 2.75) is 17.7 Å². The van der Waals surface area contributed by atoms with E-state index in [1.54, 1.807) is 0 Å². The van der Waals surface area contributed by atoms with Crippen LogP contribution in [0.5, 0.6) is 0 Å². The minimum atomic E-state index is -4.01. The molecule has 0 heterocycles. The van der Waals surface area contributed by atoms with Crippen molar-refractivity contribution < 1.29 is 22.3 Å². The molecule has 0 radical (unpaired) electrons. The first kappa shape index (κ1) is 16.1. The van der Waals surface area contributed by atoms with E-state index < -0.39 is 26.7 Å². The molecular weight excluding hydrogens is 285 g/mol. The smallest absolute Gasteiger partial charge is 0.339 e. The SMILES string of the molecule is C#CCCCNS(=O)(=O)c1cc(F)ccc1C(=O)OC. The summed E-state index contributed by atoms with van der Waals surface area (Å²) in [5.41, 5.74) is -0.224. The average Bonchev–Trinajstić information content (AvgIpc) is 2.42. The lowest BCUT2D eigenvalue weighted by Crippen LogP contribution is -2.26. The number of halogens is 1. The Balaban J connectivity index is 3.07. The van der Waals surface area contributed by atoms with E-state index in [2.05, 4.69) is 15.4 Å². The minimum absolute atomic E-state index is 0.101. The molecule has 5 nitrogen and oxygen atoms in total. The van der Waals surface area contributed by atoms with Gasteiger partial charge in [0.15, 0.2) is 0 Å². The van der Waals surface area contributed by atoms with Crippen molar-refractivity contribution in [2.75, 3.05) is 13.7 Å². The Hall–Kier alpha value is -1.91. The predicted molar refractivity (Wildman–Crippen MR) is 71.0 cm³/mol. The summed E-state index contributed by atoms with van der Waals surface area (Å²) in [5, 5.41) is 0. The number of sulfonamides is 1. The molecule has 0 saturated carbocycles. The Morgan fingerprint density at radius 2 is 2.20 bits per heavy atom. The summed E-state index contributed by atoms with van der Waals surface area (Å²) in [5.74, 6) is 0.758. The highest BCUT2D eigenvalue weighted by atomic mass is 32.2. The van der Waals surface area contributed by atoms with Gasteiger partial charge in [-0.05, 0) is 24.6 Å². The Morgan fingerprint density at radius 3 is 2.80 bits per heavy atom. The van der Waals surface area contributed by atoms with Gasteiger partial charge in [0.25, 0.3) is 0 Å². The van der Waals surface area contributed by atoms with E-state index in [9.17, 15) is 17.6 Å². The summed E-state index contributed by atoms with van der Waals surface area (Å²) in [6.07, 6.45) is 5.91. The average molecular weight is 299 g/mol. The predicted octanol–water partition coefficient (Wildman–Crippen LogP) is 1.30. The summed E-state index contributed by atoms with van der Waals surface area (Å²) in [6.45, 7) is 0.101. The van der Waals surface area contributed by atoms with E-state index in [0.717, 1.165) is 25.3 Å². The monoisotopic (exact) mass is 299 g/mol.